The summed E-state index contributed by atoms with van der Waals surface area (Å²) in [5, 5.41) is 19.7. The van der Waals surface area contributed by atoms with Crippen molar-refractivity contribution in [1.29, 1.82) is 0 Å². The lowest BCUT2D eigenvalue weighted by Gasteiger charge is -2.37. The van der Waals surface area contributed by atoms with Crippen LogP contribution in [0.3, 0.4) is 0 Å². The number of ether oxygens (including phenoxy) is 3. The molecule has 0 spiro atoms. The smallest absolute Gasteiger partial charge is 0.340 e. The van der Waals surface area contributed by atoms with Crippen molar-refractivity contribution in [2.75, 3.05) is 6.61 Å². The number of H-pyrrole nitrogens is 1. The zero-order chi connectivity index (χ0) is 20.8. The molecule has 29 heavy (non-hydrogen) atoms. The number of carbonyl (C=O) groups excluding carboxylic acids is 1. The summed E-state index contributed by atoms with van der Waals surface area (Å²) in [5.41, 5.74) is 1.30. The van der Waals surface area contributed by atoms with E-state index in [1.807, 2.05) is 24.3 Å². The number of aliphatic carboxylic acids is 1. The molecule has 3 unspecified atom stereocenters. The lowest BCUT2D eigenvalue weighted by molar-refractivity contribution is -0.260. The second kappa shape index (κ2) is 9.87. The van der Waals surface area contributed by atoms with Gasteiger partial charge in [-0.1, -0.05) is 24.6 Å². The van der Waals surface area contributed by atoms with Crippen molar-refractivity contribution in [2.45, 2.75) is 63.6 Å². The third-order valence-corrected chi connectivity index (χ3v) is 5.04. The van der Waals surface area contributed by atoms with Crippen molar-refractivity contribution in [2.24, 2.45) is 0 Å². The molecule has 158 valence electrons. The number of hydrogen-bond donors (Lipinski definition) is 3. The fourth-order valence-corrected chi connectivity index (χ4v) is 3.42. The van der Waals surface area contributed by atoms with Gasteiger partial charge in [-0.15, -0.1) is 0 Å². The van der Waals surface area contributed by atoms with Gasteiger partial charge in [0.1, 0.15) is 12.2 Å². The maximum absolute atomic E-state index is 12.6. The first-order valence-electron chi connectivity index (χ1n) is 9.89. The molecule has 1 aliphatic heterocycles. The molecule has 2 aromatic rings. The van der Waals surface area contributed by atoms with E-state index in [4.69, 9.17) is 19.3 Å². The first-order valence-corrected chi connectivity index (χ1v) is 9.89. The molecule has 0 amide bonds. The van der Waals surface area contributed by atoms with Crippen LogP contribution in [0.25, 0.3) is 10.9 Å². The number of carbonyl (C=O) groups is 2. The third kappa shape index (κ3) is 5.56. The molecule has 2 heterocycles. The van der Waals surface area contributed by atoms with Gasteiger partial charge in [0.05, 0.1) is 11.7 Å². The van der Waals surface area contributed by atoms with Crippen LogP contribution in [0, 0.1) is 0 Å². The van der Waals surface area contributed by atoms with Crippen molar-refractivity contribution < 1.29 is 34.0 Å². The van der Waals surface area contributed by atoms with Crippen LogP contribution < -0.4 is 0 Å². The van der Waals surface area contributed by atoms with Gasteiger partial charge in [-0.05, 0) is 25.8 Å². The number of aliphatic hydroxyl groups excluding tert-OH is 1. The summed E-state index contributed by atoms with van der Waals surface area (Å²) in [5.74, 6) is -1.27. The number of unbranched alkanes of at least 4 members (excludes halogenated alkanes) is 2. The van der Waals surface area contributed by atoms with Crippen LogP contribution in [0.2, 0.25) is 0 Å². The van der Waals surface area contributed by atoms with Gasteiger partial charge in [-0.2, -0.15) is 0 Å². The zero-order valence-electron chi connectivity index (χ0n) is 16.4. The molecule has 1 aromatic heterocycles. The Balaban J connectivity index is 1.47. The normalized spacial score (nSPS) is 24.5. The summed E-state index contributed by atoms with van der Waals surface area (Å²) < 4.78 is 16.9. The molecule has 1 saturated heterocycles. The van der Waals surface area contributed by atoms with Crippen molar-refractivity contribution in [3.8, 4) is 0 Å². The lowest BCUT2D eigenvalue weighted by Crippen LogP contribution is -2.48. The van der Waals surface area contributed by atoms with Crippen molar-refractivity contribution >= 4 is 22.8 Å². The molecule has 3 rings (SSSR count). The number of aliphatic hydroxyl groups is 1. The molecule has 0 bridgehead atoms. The average Bonchev–Trinajstić information content (AvgIpc) is 3.12. The first kappa shape index (κ1) is 21.3. The highest BCUT2D eigenvalue weighted by Gasteiger charge is 2.38. The van der Waals surface area contributed by atoms with Crippen LogP contribution in [0.1, 0.15) is 49.4 Å². The minimum Gasteiger partial charge on any atom is -0.481 e. The van der Waals surface area contributed by atoms with E-state index in [0.717, 1.165) is 17.3 Å². The second-order valence-corrected chi connectivity index (χ2v) is 7.28. The Morgan fingerprint density at radius 3 is 2.83 bits per heavy atom. The number of esters is 1. The van der Waals surface area contributed by atoms with E-state index in [9.17, 15) is 14.7 Å². The first-order chi connectivity index (χ1) is 14.0. The number of hydrogen-bond acceptors (Lipinski definition) is 6. The fraction of sp³-hybridized carbons (Fsp3) is 0.524. The van der Waals surface area contributed by atoms with Crippen molar-refractivity contribution in [3.05, 3.63) is 36.0 Å². The minimum atomic E-state index is -0.911. The topological polar surface area (TPSA) is 118 Å². The largest absolute Gasteiger partial charge is 0.481 e. The Morgan fingerprint density at radius 2 is 2.03 bits per heavy atom. The van der Waals surface area contributed by atoms with Crippen LogP contribution in [0.5, 0.6) is 0 Å². The summed E-state index contributed by atoms with van der Waals surface area (Å²) >= 11 is 0. The summed E-state index contributed by atoms with van der Waals surface area (Å²) in [7, 11) is 0. The second-order valence-electron chi connectivity index (χ2n) is 7.28. The van der Waals surface area contributed by atoms with E-state index in [1.54, 1.807) is 13.1 Å². The maximum atomic E-state index is 12.6. The van der Waals surface area contributed by atoms with Crippen LogP contribution in [-0.2, 0) is 19.0 Å². The minimum absolute atomic E-state index is 0.142. The molecule has 1 aliphatic rings. The molecular formula is C21H27NO7. The van der Waals surface area contributed by atoms with Gasteiger partial charge in [-0.25, -0.2) is 4.79 Å². The predicted octanol–water partition coefficient (Wildman–Crippen LogP) is 2.85. The number of aromatic nitrogens is 1. The monoisotopic (exact) mass is 405 g/mol. The zero-order valence-corrected chi connectivity index (χ0v) is 16.4. The molecule has 4 atom stereocenters. The van der Waals surface area contributed by atoms with E-state index in [0.29, 0.717) is 25.0 Å². The van der Waals surface area contributed by atoms with Crippen molar-refractivity contribution in [1.82, 2.24) is 4.98 Å². The average molecular weight is 405 g/mol. The highest BCUT2D eigenvalue weighted by atomic mass is 16.7. The maximum Gasteiger partial charge on any atom is 0.340 e. The Morgan fingerprint density at radius 1 is 1.24 bits per heavy atom. The number of para-hydroxylation sites is 1. The number of rotatable bonds is 9. The van der Waals surface area contributed by atoms with E-state index in [2.05, 4.69) is 4.98 Å². The van der Waals surface area contributed by atoms with Gasteiger partial charge in [0.15, 0.2) is 6.29 Å². The molecule has 8 nitrogen and oxygen atoms in total. The van der Waals surface area contributed by atoms with Crippen molar-refractivity contribution in [3.63, 3.8) is 0 Å². The molecule has 3 N–H and O–H groups in total. The van der Waals surface area contributed by atoms with E-state index >= 15 is 0 Å². The van der Waals surface area contributed by atoms with Crippen LogP contribution in [0.15, 0.2) is 30.5 Å². The summed E-state index contributed by atoms with van der Waals surface area (Å²) in [6.07, 6.45) is 1.29. The number of nitrogens with one attached hydrogen (secondary N) is 1. The quantitative estimate of drug-likeness (QED) is 0.434. The highest BCUT2D eigenvalue weighted by molar-refractivity contribution is 6.04. The Bertz CT molecular complexity index is 833. The number of fused-ring (bicyclic) bond motifs is 1. The predicted molar refractivity (Wildman–Crippen MR) is 105 cm³/mol. The van der Waals surface area contributed by atoms with Crippen LogP contribution in [-0.4, -0.2) is 58.3 Å². The third-order valence-electron chi connectivity index (χ3n) is 5.04. The molecule has 1 aromatic carbocycles. The number of carboxylic acid groups (broad SMARTS) is 1. The fourth-order valence-electron chi connectivity index (χ4n) is 3.42. The molecule has 1 fully saturated rings. The molecular weight excluding hydrogens is 378 g/mol. The van der Waals surface area contributed by atoms with Gasteiger partial charge in [0.2, 0.25) is 0 Å². The van der Waals surface area contributed by atoms with Gasteiger partial charge in [0.25, 0.3) is 0 Å². The molecule has 0 radical (unpaired) electrons. The Kier molecular flexibility index (Phi) is 7.24. The lowest BCUT2D eigenvalue weighted by atomic mass is 10.0. The van der Waals surface area contributed by atoms with Crippen LogP contribution >= 0.6 is 0 Å². The molecule has 0 saturated carbocycles. The van der Waals surface area contributed by atoms with E-state index in [1.165, 1.54) is 0 Å². The summed E-state index contributed by atoms with van der Waals surface area (Å²) in [6.45, 7) is 2.15. The highest BCUT2D eigenvalue weighted by Crippen LogP contribution is 2.26. The molecule has 0 aliphatic carbocycles. The Labute approximate surface area is 168 Å². The van der Waals surface area contributed by atoms with E-state index < -0.39 is 36.5 Å². The van der Waals surface area contributed by atoms with Gasteiger partial charge < -0.3 is 29.4 Å². The van der Waals surface area contributed by atoms with Gasteiger partial charge in [0, 0.05) is 36.5 Å². The standard InChI is InChI=1S/C21H27NO7/c1-13-18(29-20(26)15-12-22-16-8-5-4-7-14(15)16)11-17(23)21(28-13)27-10-6-2-3-9-19(24)25/h4-5,7-8,12-13,17-18,21-23H,2-3,6,9-11H2,1H3,(H,24,25)/t13?,17-,18?,21?/m0/s1. The summed E-state index contributed by atoms with van der Waals surface area (Å²) in [6, 6.07) is 7.46. The van der Waals surface area contributed by atoms with E-state index in [-0.39, 0.29) is 12.8 Å². The number of aromatic amines is 1. The summed E-state index contributed by atoms with van der Waals surface area (Å²) in [4.78, 5) is 26.1. The SMILES string of the molecule is CC1OC(OCCCCCC(=O)O)[C@@H](O)CC1OC(=O)c1c[nH]c2ccccc12. The molecule has 8 heteroatoms. The number of carboxylic acids is 1. The van der Waals surface area contributed by atoms with Gasteiger partial charge in [-0.3, -0.25) is 4.79 Å². The van der Waals surface area contributed by atoms with Crippen LogP contribution in [0.4, 0.5) is 0 Å². The van der Waals surface area contributed by atoms with Gasteiger partial charge >= 0.3 is 11.9 Å². The number of benzene rings is 1. The Hall–Kier alpha value is -2.42.